The Kier molecular flexibility index (Phi) is 4.32. The number of hydrogen-bond acceptors (Lipinski definition) is 4. The largest absolute Gasteiger partial charge is 0.487 e. The van der Waals surface area contributed by atoms with Crippen LogP contribution in [-0.2, 0) is 18.4 Å². The molecule has 0 bridgehead atoms. The molecule has 0 aliphatic carbocycles. The summed E-state index contributed by atoms with van der Waals surface area (Å²) >= 11 is 1.56. The maximum atomic E-state index is 11.3. The SMILES string of the molecule is Cc1cc(COc2cc(C)c3c(C(C)C(=O)O)csc3c2)n(C)n1. The first-order valence-corrected chi connectivity index (χ1v) is 8.61. The standard InChI is InChI=1S/C18H20N2O3S/c1-10-5-14(23-8-13-6-11(2)19-20(13)4)7-16-17(10)15(9-24-16)12(3)18(21)22/h5-7,9,12H,8H2,1-4H3,(H,21,22). The summed E-state index contributed by atoms with van der Waals surface area (Å²) in [6, 6.07) is 5.95. The smallest absolute Gasteiger partial charge is 0.310 e. The Balaban J connectivity index is 1.89. The number of carboxylic acid groups (broad SMARTS) is 1. The van der Waals surface area contributed by atoms with Crippen molar-refractivity contribution in [1.29, 1.82) is 0 Å². The van der Waals surface area contributed by atoms with Crippen LogP contribution in [0, 0.1) is 13.8 Å². The Morgan fingerprint density at radius 1 is 1.38 bits per heavy atom. The van der Waals surface area contributed by atoms with Crippen molar-refractivity contribution in [3.8, 4) is 5.75 Å². The molecular formula is C18H20N2O3S. The predicted molar refractivity (Wildman–Crippen MR) is 94.9 cm³/mol. The number of thiophene rings is 1. The monoisotopic (exact) mass is 344 g/mol. The number of nitrogens with zero attached hydrogens (tertiary/aromatic N) is 2. The highest BCUT2D eigenvalue weighted by molar-refractivity contribution is 7.17. The minimum atomic E-state index is -0.805. The lowest BCUT2D eigenvalue weighted by Gasteiger charge is -2.10. The van der Waals surface area contributed by atoms with Crippen molar-refractivity contribution in [2.45, 2.75) is 33.3 Å². The first kappa shape index (κ1) is 16.5. The van der Waals surface area contributed by atoms with Crippen LogP contribution in [0.3, 0.4) is 0 Å². The molecule has 126 valence electrons. The van der Waals surface area contributed by atoms with Crippen LogP contribution < -0.4 is 4.74 Å². The fourth-order valence-electron chi connectivity index (χ4n) is 2.86. The Hall–Kier alpha value is -2.34. The van der Waals surface area contributed by atoms with Crippen LogP contribution in [0.1, 0.15) is 35.4 Å². The van der Waals surface area contributed by atoms with Crippen molar-refractivity contribution in [3.63, 3.8) is 0 Å². The van der Waals surface area contributed by atoms with Gasteiger partial charge < -0.3 is 9.84 Å². The van der Waals surface area contributed by atoms with Gasteiger partial charge in [-0.05, 0) is 60.9 Å². The van der Waals surface area contributed by atoms with Crippen molar-refractivity contribution in [3.05, 3.63) is 46.1 Å². The third kappa shape index (κ3) is 3.01. The molecule has 24 heavy (non-hydrogen) atoms. The van der Waals surface area contributed by atoms with Crippen LogP contribution in [0.2, 0.25) is 0 Å². The normalized spacial score (nSPS) is 12.5. The molecule has 0 saturated heterocycles. The van der Waals surface area contributed by atoms with E-state index in [4.69, 9.17) is 4.74 Å². The van der Waals surface area contributed by atoms with Gasteiger partial charge in [0.2, 0.25) is 0 Å². The molecule has 0 amide bonds. The molecule has 3 aromatic rings. The van der Waals surface area contributed by atoms with Gasteiger partial charge in [-0.2, -0.15) is 5.10 Å². The number of rotatable bonds is 5. The minimum absolute atomic E-state index is 0.450. The van der Waals surface area contributed by atoms with Crippen molar-refractivity contribution >= 4 is 27.4 Å². The van der Waals surface area contributed by atoms with Gasteiger partial charge in [-0.1, -0.05) is 0 Å². The second-order valence-corrected chi connectivity index (χ2v) is 6.96. The fraction of sp³-hybridized carbons (Fsp3) is 0.333. The molecule has 1 N–H and O–H groups in total. The van der Waals surface area contributed by atoms with Gasteiger partial charge in [0.25, 0.3) is 0 Å². The highest BCUT2D eigenvalue weighted by Gasteiger charge is 2.19. The first-order chi connectivity index (χ1) is 11.4. The van der Waals surface area contributed by atoms with E-state index >= 15 is 0 Å². The van der Waals surface area contributed by atoms with E-state index in [2.05, 4.69) is 5.10 Å². The lowest BCUT2D eigenvalue weighted by Crippen LogP contribution is -2.07. The molecule has 0 aliphatic heterocycles. The van der Waals surface area contributed by atoms with Gasteiger partial charge in [0, 0.05) is 11.7 Å². The van der Waals surface area contributed by atoms with E-state index in [1.165, 1.54) is 0 Å². The van der Waals surface area contributed by atoms with Crippen LogP contribution in [0.25, 0.3) is 10.1 Å². The molecular weight excluding hydrogens is 324 g/mol. The molecule has 0 spiro atoms. The quantitative estimate of drug-likeness (QED) is 0.759. The average Bonchev–Trinajstić information content (AvgIpc) is 3.07. The number of carboxylic acids is 1. The van der Waals surface area contributed by atoms with Crippen LogP contribution in [-0.4, -0.2) is 20.9 Å². The van der Waals surface area contributed by atoms with Gasteiger partial charge in [-0.15, -0.1) is 11.3 Å². The summed E-state index contributed by atoms with van der Waals surface area (Å²) in [5.41, 5.74) is 3.88. The average molecular weight is 344 g/mol. The summed E-state index contributed by atoms with van der Waals surface area (Å²) in [5, 5.41) is 16.5. The summed E-state index contributed by atoms with van der Waals surface area (Å²) in [6.07, 6.45) is 0. The molecule has 0 aliphatic rings. The zero-order valence-electron chi connectivity index (χ0n) is 14.2. The van der Waals surface area contributed by atoms with Crippen LogP contribution in [0.4, 0.5) is 0 Å². The highest BCUT2D eigenvalue weighted by Crippen LogP contribution is 2.36. The first-order valence-electron chi connectivity index (χ1n) is 7.73. The maximum absolute atomic E-state index is 11.3. The van der Waals surface area contributed by atoms with E-state index in [1.54, 1.807) is 18.3 Å². The number of aryl methyl sites for hydroxylation is 3. The topological polar surface area (TPSA) is 64.3 Å². The highest BCUT2D eigenvalue weighted by atomic mass is 32.1. The number of aliphatic carboxylic acids is 1. The molecule has 1 unspecified atom stereocenters. The molecule has 0 radical (unpaired) electrons. The zero-order valence-corrected chi connectivity index (χ0v) is 15.0. The van der Waals surface area contributed by atoms with Gasteiger partial charge in [0.1, 0.15) is 12.4 Å². The number of hydrogen-bond donors (Lipinski definition) is 1. The van der Waals surface area contributed by atoms with E-state index < -0.39 is 11.9 Å². The van der Waals surface area contributed by atoms with Crippen LogP contribution in [0.5, 0.6) is 5.75 Å². The van der Waals surface area contributed by atoms with Gasteiger partial charge in [-0.3, -0.25) is 9.48 Å². The van der Waals surface area contributed by atoms with Crippen molar-refractivity contribution in [2.75, 3.05) is 0 Å². The molecule has 5 nitrogen and oxygen atoms in total. The Morgan fingerprint density at radius 3 is 2.75 bits per heavy atom. The number of benzene rings is 1. The predicted octanol–water partition coefficient (Wildman–Crippen LogP) is 4.02. The van der Waals surface area contributed by atoms with Crippen molar-refractivity contribution in [1.82, 2.24) is 9.78 Å². The number of carbonyl (C=O) groups is 1. The number of aromatic nitrogens is 2. The Morgan fingerprint density at radius 2 is 2.12 bits per heavy atom. The Bertz CT molecular complexity index is 911. The van der Waals surface area contributed by atoms with Gasteiger partial charge in [-0.25, -0.2) is 0 Å². The molecule has 2 heterocycles. The van der Waals surface area contributed by atoms with Gasteiger partial charge >= 0.3 is 5.97 Å². The summed E-state index contributed by atoms with van der Waals surface area (Å²) in [7, 11) is 1.90. The van der Waals surface area contributed by atoms with E-state index in [0.717, 1.165) is 38.4 Å². The molecule has 1 atom stereocenters. The Labute approximate surface area is 144 Å². The zero-order chi connectivity index (χ0) is 17.4. The second kappa shape index (κ2) is 6.28. The molecule has 1 aromatic carbocycles. The summed E-state index contributed by atoms with van der Waals surface area (Å²) < 4.78 is 8.79. The lowest BCUT2D eigenvalue weighted by molar-refractivity contribution is -0.138. The number of fused-ring (bicyclic) bond motifs is 1. The molecule has 0 saturated carbocycles. The van der Waals surface area contributed by atoms with Crippen molar-refractivity contribution < 1.29 is 14.6 Å². The minimum Gasteiger partial charge on any atom is -0.487 e. The van der Waals surface area contributed by atoms with Crippen LogP contribution >= 0.6 is 11.3 Å². The maximum Gasteiger partial charge on any atom is 0.310 e. The van der Waals surface area contributed by atoms with Gasteiger partial charge in [0.05, 0.1) is 17.3 Å². The van der Waals surface area contributed by atoms with Gasteiger partial charge in [0.15, 0.2) is 0 Å². The van der Waals surface area contributed by atoms with Crippen molar-refractivity contribution in [2.24, 2.45) is 7.05 Å². The molecule has 3 rings (SSSR count). The third-order valence-corrected chi connectivity index (χ3v) is 5.14. The molecule has 6 heteroatoms. The van der Waals surface area contributed by atoms with E-state index in [1.807, 2.05) is 49.2 Å². The van der Waals surface area contributed by atoms with E-state index in [9.17, 15) is 9.90 Å². The summed E-state index contributed by atoms with van der Waals surface area (Å²) in [6.45, 7) is 6.12. The van der Waals surface area contributed by atoms with Crippen LogP contribution in [0.15, 0.2) is 23.6 Å². The number of ether oxygens (including phenoxy) is 1. The summed E-state index contributed by atoms with van der Waals surface area (Å²) in [4.78, 5) is 11.3. The lowest BCUT2D eigenvalue weighted by atomic mass is 9.98. The van der Waals surface area contributed by atoms with E-state index in [0.29, 0.717) is 6.61 Å². The molecule has 0 fully saturated rings. The summed E-state index contributed by atoms with van der Waals surface area (Å²) in [5.74, 6) is -0.530. The molecule has 2 aromatic heterocycles. The fourth-order valence-corrected chi connectivity index (χ4v) is 4.02. The van der Waals surface area contributed by atoms with E-state index in [-0.39, 0.29) is 0 Å². The third-order valence-electron chi connectivity index (χ3n) is 4.20. The second-order valence-electron chi connectivity index (χ2n) is 6.05.